The Morgan fingerprint density at radius 2 is 1.86 bits per heavy atom. The predicted octanol–water partition coefficient (Wildman–Crippen LogP) is 4.84. The highest BCUT2D eigenvalue weighted by molar-refractivity contribution is 7.98. The molecular weight excluding hydrogens is 325 g/mol. The van der Waals surface area contributed by atoms with Crippen molar-refractivity contribution in [1.29, 1.82) is 0 Å². The molecule has 0 amide bonds. The van der Waals surface area contributed by atoms with Crippen molar-refractivity contribution < 1.29 is 0 Å². The molecule has 0 atom stereocenters. The average molecular weight is 338 g/mol. The van der Waals surface area contributed by atoms with Crippen LogP contribution in [0.5, 0.6) is 0 Å². The van der Waals surface area contributed by atoms with Gasteiger partial charge in [-0.2, -0.15) is 0 Å². The summed E-state index contributed by atoms with van der Waals surface area (Å²) in [5.74, 6) is 1.59. The van der Waals surface area contributed by atoms with Crippen LogP contribution in [0.4, 0.5) is 0 Å². The Kier molecular flexibility index (Phi) is 5.67. The molecule has 6 heteroatoms. The zero-order valence-corrected chi connectivity index (χ0v) is 13.4. The second kappa shape index (κ2) is 7.50. The summed E-state index contributed by atoms with van der Waals surface area (Å²) in [5.41, 5.74) is 2.20. The first-order valence-electron chi connectivity index (χ1n) is 6.16. The molecule has 0 radical (unpaired) electrons. The van der Waals surface area contributed by atoms with E-state index in [0.29, 0.717) is 5.02 Å². The Balaban J connectivity index is 0.00000161. The zero-order valence-electron chi connectivity index (χ0n) is 11.0. The van der Waals surface area contributed by atoms with Crippen LogP contribution in [0, 0.1) is 0 Å². The van der Waals surface area contributed by atoms with Gasteiger partial charge in [-0.15, -0.1) is 17.5 Å². The van der Waals surface area contributed by atoms with Crippen LogP contribution in [-0.2, 0) is 5.75 Å². The Bertz CT molecular complexity index is 701. The van der Waals surface area contributed by atoms with Crippen molar-refractivity contribution >= 4 is 35.8 Å². The lowest BCUT2D eigenvalue weighted by Crippen LogP contribution is -1.81. The molecular formula is C15H13Cl2N3S. The van der Waals surface area contributed by atoms with E-state index in [1.807, 2.05) is 42.5 Å². The van der Waals surface area contributed by atoms with Crippen molar-refractivity contribution in [2.75, 3.05) is 0 Å². The summed E-state index contributed by atoms with van der Waals surface area (Å²) in [5, 5.41) is 8.60. The number of hydrogen-bond acceptors (Lipinski definition) is 3. The number of H-pyrrole nitrogens is 1. The van der Waals surface area contributed by atoms with Crippen LogP contribution in [0.15, 0.2) is 59.8 Å². The third-order valence-electron chi connectivity index (χ3n) is 2.77. The summed E-state index contributed by atoms with van der Waals surface area (Å²) in [4.78, 5) is 4.47. The lowest BCUT2D eigenvalue weighted by atomic mass is 10.2. The molecule has 108 valence electrons. The molecule has 3 rings (SSSR count). The van der Waals surface area contributed by atoms with Gasteiger partial charge in [0.1, 0.15) is 0 Å². The SMILES string of the molecule is Cl.Clc1cccc(-c2nc(SCc3ccccc3)n[nH]2)c1. The van der Waals surface area contributed by atoms with Crippen molar-refractivity contribution in [1.82, 2.24) is 15.2 Å². The van der Waals surface area contributed by atoms with Crippen molar-refractivity contribution in [3.63, 3.8) is 0 Å². The van der Waals surface area contributed by atoms with Crippen molar-refractivity contribution in [2.45, 2.75) is 10.9 Å². The Hall–Kier alpha value is -1.49. The predicted molar refractivity (Wildman–Crippen MR) is 90.1 cm³/mol. The smallest absolute Gasteiger partial charge is 0.209 e. The molecule has 0 unspecified atom stereocenters. The highest BCUT2D eigenvalue weighted by Crippen LogP contribution is 2.23. The van der Waals surface area contributed by atoms with E-state index in [4.69, 9.17) is 11.6 Å². The van der Waals surface area contributed by atoms with Crippen LogP contribution in [-0.4, -0.2) is 15.2 Å². The largest absolute Gasteiger partial charge is 0.258 e. The number of thioether (sulfide) groups is 1. The van der Waals surface area contributed by atoms with E-state index in [0.717, 1.165) is 22.3 Å². The maximum Gasteiger partial charge on any atom is 0.209 e. The summed E-state index contributed by atoms with van der Waals surface area (Å²) >= 11 is 7.58. The van der Waals surface area contributed by atoms with Crippen LogP contribution in [0.2, 0.25) is 5.02 Å². The van der Waals surface area contributed by atoms with E-state index in [-0.39, 0.29) is 12.4 Å². The van der Waals surface area contributed by atoms with E-state index < -0.39 is 0 Å². The summed E-state index contributed by atoms with van der Waals surface area (Å²) in [6.07, 6.45) is 0. The fourth-order valence-electron chi connectivity index (χ4n) is 1.80. The molecule has 3 nitrogen and oxygen atoms in total. The molecule has 0 saturated heterocycles. The van der Waals surface area contributed by atoms with E-state index in [1.54, 1.807) is 11.8 Å². The number of hydrogen-bond donors (Lipinski definition) is 1. The molecule has 2 aromatic carbocycles. The third-order valence-corrected chi connectivity index (χ3v) is 3.93. The molecule has 0 aliphatic carbocycles. The summed E-state index contributed by atoms with van der Waals surface area (Å²) in [7, 11) is 0. The van der Waals surface area contributed by atoms with Crippen LogP contribution >= 0.6 is 35.8 Å². The number of benzene rings is 2. The Labute approximate surface area is 138 Å². The first kappa shape index (κ1) is 15.9. The normalized spacial score (nSPS) is 10.1. The lowest BCUT2D eigenvalue weighted by molar-refractivity contribution is 0.973. The maximum atomic E-state index is 5.98. The van der Waals surface area contributed by atoms with Crippen LogP contribution < -0.4 is 0 Å². The minimum Gasteiger partial charge on any atom is -0.258 e. The van der Waals surface area contributed by atoms with Gasteiger partial charge in [0.2, 0.25) is 5.16 Å². The lowest BCUT2D eigenvalue weighted by Gasteiger charge is -1.97. The van der Waals surface area contributed by atoms with Gasteiger partial charge in [0.05, 0.1) is 0 Å². The number of nitrogens with one attached hydrogen (secondary N) is 1. The van der Waals surface area contributed by atoms with Crippen molar-refractivity contribution in [3.05, 3.63) is 65.2 Å². The summed E-state index contributed by atoms with van der Waals surface area (Å²) in [6.45, 7) is 0. The quantitative estimate of drug-likeness (QED) is 0.692. The van der Waals surface area contributed by atoms with Crippen molar-refractivity contribution in [3.8, 4) is 11.4 Å². The van der Waals surface area contributed by atoms with Gasteiger partial charge in [-0.3, -0.25) is 5.10 Å². The van der Waals surface area contributed by atoms with Crippen LogP contribution in [0.1, 0.15) is 5.56 Å². The standard InChI is InChI=1S/C15H12ClN3S.ClH/c16-13-8-4-7-12(9-13)14-17-15(19-18-14)20-10-11-5-2-1-3-6-11;/h1-9H,10H2,(H,17,18,19);1H. The number of nitrogens with zero attached hydrogens (tertiary/aromatic N) is 2. The van der Waals surface area contributed by atoms with E-state index in [1.165, 1.54) is 5.56 Å². The van der Waals surface area contributed by atoms with Gasteiger partial charge in [-0.1, -0.05) is 65.8 Å². The van der Waals surface area contributed by atoms with Crippen LogP contribution in [0.3, 0.4) is 0 Å². The number of rotatable bonds is 4. The molecule has 0 bridgehead atoms. The summed E-state index contributed by atoms with van der Waals surface area (Å²) in [6, 6.07) is 17.8. The zero-order chi connectivity index (χ0) is 13.8. The highest BCUT2D eigenvalue weighted by atomic mass is 35.5. The first-order valence-corrected chi connectivity index (χ1v) is 7.53. The molecule has 0 saturated carbocycles. The van der Waals surface area contributed by atoms with Gasteiger partial charge >= 0.3 is 0 Å². The molecule has 0 fully saturated rings. The second-order valence-corrected chi connectivity index (χ2v) is 5.63. The number of aromatic amines is 1. The summed E-state index contributed by atoms with van der Waals surface area (Å²) < 4.78 is 0. The van der Waals surface area contributed by atoms with Gasteiger partial charge in [0, 0.05) is 16.3 Å². The average Bonchev–Trinajstić information content (AvgIpc) is 2.95. The fourth-order valence-corrected chi connectivity index (χ4v) is 2.74. The van der Waals surface area contributed by atoms with Gasteiger partial charge in [0.15, 0.2) is 5.82 Å². The molecule has 1 N–H and O–H groups in total. The minimum absolute atomic E-state index is 0. The monoisotopic (exact) mass is 337 g/mol. The molecule has 0 aliphatic rings. The minimum atomic E-state index is 0. The third kappa shape index (κ3) is 4.24. The molecule has 1 heterocycles. The van der Waals surface area contributed by atoms with E-state index in [2.05, 4.69) is 27.3 Å². The maximum absolute atomic E-state index is 5.98. The molecule has 0 aliphatic heterocycles. The Morgan fingerprint density at radius 1 is 1.05 bits per heavy atom. The van der Waals surface area contributed by atoms with E-state index >= 15 is 0 Å². The fraction of sp³-hybridized carbons (Fsp3) is 0.0667. The first-order chi connectivity index (χ1) is 9.81. The van der Waals surface area contributed by atoms with Gasteiger partial charge < -0.3 is 0 Å². The van der Waals surface area contributed by atoms with Gasteiger partial charge in [-0.05, 0) is 17.7 Å². The van der Waals surface area contributed by atoms with Gasteiger partial charge in [-0.25, -0.2) is 4.98 Å². The molecule has 3 aromatic rings. The topological polar surface area (TPSA) is 41.6 Å². The van der Waals surface area contributed by atoms with E-state index in [9.17, 15) is 0 Å². The second-order valence-electron chi connectivity index (χ2n) is 4.25. The molecule has 0 spiro atoms. The molecule has 1 aromatic heterocycles. The van der Waals surface area contributed by atoms with Crippen LogP contribution in [0.25, 0.3) is 11.4 Å². The number of halogens is 2. The Morgan fingerprint density at radius 3 is 2.62 bits per heavy atom. The van der Waals surface area contributed by atoms with Gasteiger partial charge in [0.25, 0.3) is 0 Å². The van der Waals surface area contributed by atoms with Crippen molar-refractivity contribution in [2.24, 2.45) is 0 Å². The number of aromatic nitrogens is 3. The highest BCUT2D eigenvalue weighted by Gasteiger charge is 2.06. The molecule has 21 heavy (non-hydrogen) atoms.